The van der Waals surface area contributed by atoms with Crippen LogP contribution in [0.4, 0.5) is 0 Å². The highest BCUT2D eigenvalue weighted by atomic mass is 32.2. The maximum atomic E-state index is 9.27. The number of benzene rings is 3. The Morgan fingerprint density at radius 2 is 1.24 bits per heavy atom. The van der Waals surface area contributed by atoms with E-state index in [0.29, 0.717) is 5.75 Å². The zero-order valence-electron chi connectivity index (χ0n) is 20.6. The van der Waals surface area contributed by atoms with Crippen LogP contribution in [0, 0.1) is 13.8 Å². The Morgan fingerprint density at radius 3 is 1.67 bits per heavy atom. The molecule has 5 nitrogen and oxygen atoms in total. The fraction of sp³-hybridized carbons (Fsp3) is 0.333. The molecule has 0 aliphatic rings. The zero-order valence-corrected chi connectivity index (χ0v) is 21.4. The van der Waals surface area contributed by atoms with E-state index in [1.807, 2.05) is 41.5 Å². The van der Waals surface area contributed by atoms with Gasteiger partial charge < -0.3 is 20.1 Å². The third kappa shape index (κ3) is 11.7. The molecule has 0 amide bonds. The highest BCUT2D eigenvalue weighted by Gasteiger charge is 2.08. The van der Waals surface area contributed by atoms with Crippen LogP contribution in [-0.2, 0) is 6.42 Å². The largest absolute Gasteiger partial charge is 0.508 e. The van der Waals surface area contributed by atoms with E-state index in [2.05, 4.69) is 12.1 Å². The maximum Gasteiger partial charge on any atom is 0.133 e. The molecular formula is C27H39NO4S. The van der Waals surface area contributed by atoms with Crippen molar-refractivity contribution in [1.82, 2.24) is 0 Å². The van der Waals surface area contributed by atoms with Gasteiger partial charge in [0.05, 0.1) is 0 Å². The van der Waals surface area contributed by atoms with E-state index in [9.17, 15) is 5.11 Å². The Balaban J connectivity index is 0.000000658. The van der Waals surface area contributed by atoms with Crippen LogP contribution in [0.2, 0.25) is 0 Å². The topological polar surface area (TPSA) is 95.9 Å². The van der Waals surface area contributed by atoms with Gasteiger partial charge in [-0.3, -0.25) is 5.14 Å². The summed E-state index contributed by atoms with van der Waals surface area (Å²) < 4.78 is 5.89. The minimum Gasteiger partial charge on any atom is -0.508 e. The first-order valence-electron chi connectivity index (χ1n) is 11.3. The normalized spacial score (nSPS) is 9.33. The summed E-state index contributed by atoms with van der Waals surface area (Å²) in [6.07, 6.45) is 1.65. The number of aromatic hydroxyl groups is 2. The number of hydrogen-bond acceptors (Lipinski definition) is 6. The minimum absolute atomic E-state index is 0.212. The molecule has 0 fully saturated rings. The first-order chi connectivity index (χ1) is 15.9. The molecule has 3 aromatic carbocycles. The van der Waals surface area contributed by atoms with E-state index in [0.717, 1.165) is 34.6 Å². The molecule has 0 aliphatic heterocycles. The van der Waals surface area contributed by atoms with Crippen LogP contribution in [0.3, 0.4) is 0 Å². The Hall–Kier alpha value is -2.67. The molecule has 3 aromatic rings. The number of ether oxygens (including phenoxy) is 1. The first kappa shape index (κ1) is 30.3. The molecule has 0 radical (unpaired) electrons. The molecule has 6 heteroatoms. The van der Waals surface area contributed by atoms with Crippen molar-refractivity contribution in [3.8, 4) is 23.0 Å². The van der Waals surface area contributed by atoms with Crippen molar-refractivity contribution in [3.05, 3.63) is 77.4 Å². The van der Waals surface area contributed by atoms with Gasteiger partial charge in [-0.15, -0.1) is 0 Å². The molecule has 0 aliphatic carbocycles. The number of nitrogens with two attached hydrogens (primary N) is 1. The summed E-state index contributed by atoms with van der Waals surface area (Å²) in [7, 11) is 0. The van der Waals surface area contributed by atoms with Crippen molar-refractivity contribution in [2.45, 2.75) is 59.3 Å². The van der Waals surface area contributed by atoms with Gasteiger partial charge >= 0.3 is 0 Å². The molecule has 5 N–H and O–H groups in total. The Kier molecular flexibility index (Phi) is 16.4. The molecule has 0 saturated heterocycles. The fourth-order valence-corrected chi connectivity index (χ4v) is 3.08. The van der Waals surface area contributed by atoms with Crippen LogP contribution in [0.1, 0.15) is 50.8 Å². The van der Waals surface area contributed by atoms with Crippen LogP contribution in [0.5, 0.6) is 23.0 Å². The summed E-state index contributed by atoms with van der Waals surface area (Å²) in [6, 6.07) is 17.6. The number of phenols is 2. The smallest absolute Gasteiger partial charge is 0.133 e. The summed E-state index contributed by atoms with van der Waals surface area (Å²) in [5.41, 5.74) is 3.36. The van der Waals surface area contributed by atoms with Gasteiger partial charge in [-0.25, -0.2) is 0 Å². The molecular weight excluding hydrogens is 434 g/mol. The minimum atomic E-state index is 0.212. The molecule has 0 unspecified atom stereocenters. The van der Waals surface area contributed by atoms with E-state index < -0.39 is 0 Å². The summed E-state index contributed by atoms with van der Waals surface area (Å²) in [4.78, 5) is 0.952. The molecule has 0 atom stereocenters. The SMILES string of the molecule is CC.CC.Cc1cc(CCCO)cc(C)c1Oc1ccc(O)cc1.NSc1ccc(O)cc1. The predicted molar refractivity (Wildman–Crippen MR) is 140 cm³/mol. The number of phenolic OH excluding ortho intramolecular Hbond substituents is 2. The van der Waals surface area contributed by atoms with Gasteiger partial charge in [0.1, 0.15) is 23.0 Å². The van der Waals surface area contributed by atoms with Crippen LogP contribution >= 0.6 is 11.9 Å². The predicted octanol–water partition coefficient (Wildman–Crippen LogP) is 7.14. The lowest BCUT2D eigenvalue weighted by Gasteiger charge is -2.14. The molecule has 3 rings (SSSR count). The van der Waals surface area contributed by atoms with Crippen molar-refractivity contribution < 1.29 is 20.1 Å². The Morgan fingerprint density at radius 1 is 0.788 bits per heavy atom. The third-order valence-corrected chi connectivity index (χ3v) is 4.72. The second kappa shape index (κ2) is 17.8. The Labute approximate surface area is 203 Å². The van der Waals surface area contributed by atoms with Crippen LogP contribution in [0.15, 0.2) is 65.6 Å². The zero-order chi connectivity index (χ0) is 25.2. The number of aliphatic hydroxyl groups excluding tert-OH is 1. The van der Waals surface area contributed by atoms with Crippen LogP contribution in [-0.4, -0.2) is 21.9 Å². The summed E-state index contributed by atoms with van der Waals surface area (Å²) in [6.45, 7) is 12.3. The van der Waals surface area contributed by atoms with E-state index in [1.54, 1.807) is 48.5 Å². The molecule has 0 spiro atoms. The van der Waals surface area contributed by atoms with Gasteiger partial charge in [0.2, 0.25) is 0 Å². The Bertz CT molecular complexity index is 874. The molecule has 0 bridgehead atoms. The van der Waals surface area contributed by atoms with Gasteiger partial charge in [0.15, 0.2) is 0 Å². The number of aliphatic hydroxyl groups is 1. The summed E-state index contributed by atoms with van der Waals surface area (Å²) >= 11 is 1.17. The van der Waals surface area contributed by atoms with Crippen molar-refractivity contribution in [2.24, 2.45) is 5.14 Å². The highest BCUT2D eigenvalue weighted by Crippen LogP contribution is 2.31. The number of aryl methyl sites for hydroxylation is 3. The molecule has 0 heterocycles. The monoisotopic (exact) mass is 473 g/mol. The molecule has 182 valence electrons. The standard InChI is InChI=1S/C17H20O3.C6H7NOS.2C2H6/c1-12-10-14(4-3-9-18)11-13(2)17(12)20-16-7-5-15(19)6-8-16;7-9-6-3-1-5(8)2-4-6;2*1-2/h5-8,10-11,18-19H,3-4,9H2,1-2H3;1-4,8H,7H2;2*1-2H3. The van der Waals surface area contributed by atoms with Crippen molar-refractivity contribution in [3.63, 3.8) is 0 Å². The maximum absolute atomic E-state index is 9.27. The lowest BCUT2D eigenvalue weighted by Crippen LogP contribution is -1.96. The molecule has 33 heavy (non-hydrogen) atoms. The lowest BCUT2D eigenvalue weighted by atomic mass is 10.0. The van der Waals surface area contributed by atoms with Gasteiger partial charge in [0, 0.05) is 11.5 Å². The lowest BCUT2D eigenvalue weighted by molar-refractivity contribution is 0.288. The fourth-order valence-electron chi connectivity index (χ4n) is 2.79. The average molecular weight is 474 g/mol. The van der Waals surface area contributed by atoms with Crippen LogP contribution < -0.4 is 9.88 Å². The third-order valence-electron chi connectivity index (χ3n) is 4.17. The van der Waals surface area contributed by atoms with E-state index >= 15 is 0 Å². The quantitative estimate of drug-likeness (QED) is 0.284. The van der Waals surface area contributed by atoms with Gasteiger partial charge in [-0.2, -0.15) is 0 Å². The summed E-state index contributed by atoms with van der Waals surface area (Å²) in [5.74, 6) is 2.05. The van der Waals surface area contributed by atoms with E-state index in [4.69, 9.17) is 20.1 Å². The van der Waals surface area contributed by atoms with E-state index in [-0.39, 0.29) is 18.1 Å². The highest BCUT2D eigenvalue weighted by molar-refractivity contribution is 7.97. The van der Waals surface area contributed by atoms with Gasteiger partial charge in [0.25, 0.3) is 0 Å². The second-order valence-electron chi connectivity index (χ2n) is 6.59. The van der Waals surface area contributed by atoms with Crippen LogP contribution in [0.25, 0.3) is 0 Å². The molecule has 0 saturated carbocycles. The van der Waals surface area contributed by atoms with Gasteiger partial charge in [-0.1, -0.05) is 39.8 Å². The summed E-state index contributed by atoms with van der Waals surface area (Å²) in [5, 5.41) is 32.2. The van der Waals surface area contributed by atoms with Crippen molar-refractivity contribution >= 4 is 11.9 Å². The first-order valence-corrected chi connectivity index (χ1v) is 12.1. The van der Waals surface area contributed by atoms with Crippen molar-refractivity contribution in [2.75, 3.05) is 6.61 Å². The van der Waals surface area contributed by atoms with Gasteiger partial charge in [-0.05, 0) is 104 Å². The average Bonchev–Trinajstić information content (AvgIpc) is 2.85. The van der Waals surface area contributed by atoms with Crippen molar-refractivity contribution in [1.29, 1.82) is 0 Å². The van der Waals surface area contributed by atoms with E-state index in [1.165, 1.54) is 17.5 Å². The number of rotatable bonds is 6. The number of hydrogen-bond donors (Lipinski definition) is 4. The second-order valence-corrected chi connectivity index (χ2v) is 7.30. The molecule has 0 aromatic heterocycles.